The van der Waals surface area contributed by atoms with Gasteiger partial charge >= 0.3 is 0 Å². The Morgan fingerprint density at radius 1 is 1.21 bits per heavy atom. The summed E-state index contributed by atoms with van der Waals surface area (Å²) in [7, 11) is 1.72. The Kier molecular flexibility index (Phi) is 5.16. The fourth-order valence-electron chi connectivity index (χ4n) is 3.09. The maximum Gasteiger partial charge on any atom is 0.274 e. The van der Waals surface area contributed by atoms with E-state index in [1.165, 1.54) is 0 Å². The Morgan fingerprint density at radius 2 is 1.96 bits per heavy atom. The molecule has 4 rings (SSSR count). The van der Waals surface area contributed by atoms with Crippen LogP contribution >= 0.6 is 11.8 Å². The van der Waals surface area contributed by atoms with Crippen molar-refractivity contribution in [2.24, 2.45) is 0 Å². The van der Waals surface area contributed by atoms with Crippen LogP contribution in [-0.4, -0.2) is 35.8 Å². The zero-order valence-corrected chi connectivity index (χ0v) is 16.1. The third-order valence-corrected chi connectivity index (χ3v) is 5.74. The van der Waals surface area contributed by atoms with E-state index in [2.05, 4.69) is 10.5 Å². The smallest absolute Gasteiger partial charge is 0.274 e. The number of para-hydroxylation sites is 1. The number of hydrogen-bond donors (Lipinski definition) is 1. The summed E-state index contributed by atoms with van der Waals surface area (Å²) < 4.78 is 5.29. The van der Waals surface area contributed by atoms with Crippen LogP contribution in [0.1, 0.15) is 21.8 Å². The summed E-state index contributed by atoms with van der Waals surface area (Å²) in [4.78, 5) is 28.0. The van der Waals surface area contributed by atoms with E-state index in [4.69, 9.17) is 4.52 Å². The number of anilines is 1. The van der Waals surface area contributed by atoms with Crippen LogP contribution in [0.15, 0.2) is 70.1 Å². The molecular formula is C21H19N3O3S. The number of nitrogens with zero attached hydrogens (tertiary/aromatic N) is 2. The molecule has 1 atom stereocenters. The zero-order chi connectivity index (χ0) is 19.5. The minimum atomic E-state index is -0.635. The standard InChI is InChI=1S/C21H19N3O3S/c1-24-18-9-5-6-10-19(18)28-13-17(21(24)26)22-20(25)16-12-15(27-23-16)11-14-7-3-2-4-8-14/h2-10,12,17H,11,13H2,1H3,(H,22,25). The van der Waals surface area contributed by atoms with Crippen molar-refractivity contribution in [2.75, 3.05) is 17.7 Å². The molecule has 2 amide bonds. The minimum absolute atomic E-state index is 0.154. The Bertz CT molecular complexity index is 1000. The Hall–Kier alpha value is -3.06. The molecule has 0 bridgehead atoms. The monoisotopic (exact) mass is 393 g/mol. The first-order valence-electron chi connectivity index (χ1n) is 8.91. The number of thioether (sulfide) groups is 1. The molecule has 0 radical (unpaired) electrons. The number of amides is 2. The summed E-state index contributed by atoms with van der Waals surface area (Å²) in [5.74, 6) is 0.489. The first kappa shape index (κ1) is 18.3. The number of fused-ring (bicyclic) bond motifs is 1. The molecule has 0 aliphatic carbocycles. The van der Waals surface area contributed by atoms with Gasteiger partial charge in [-0.25, -0.2) is 0 Å². The van der Waals surface area contributed by atoms with E-state index in [0.717, 1.165) is 16.1 Å². The summed E-state index contributed by atoms with van der Waals surface area (Å²) in [6.07, 6.45) is 0.553. The molecular weight excluding hydrogens is 374 g/mol. The number of nitrogens with one attached hydrogen (secondary N) is 1. The van der Waals surface area contributed by atoms with E-state index >= 15 is 0 Å². The molecule has 1 aliphatic rings. The van der Waals surface area contributed by atoms with Gasteiger partial charge in [0.05, 0.1) is 5.69 Å². The van der Waals surface area contributed by atoms with Gasteiger partial charge in [-0.15, -0.1) is 11.8 Å². The second-order valence-electron chi connectivity index (χ2n) is 6.54. The summed E-state index contributed by atoms with van der Waals surface area (Å²) in [5, 5.41) is 6.66. The molecule has 0 saturated heterocycles. The summed E-state index contributed by atoms with van der Waals surface area (Å²) >= 11 is 1.55. The Labute approximate surface area is 166 Å². The molecule has 1 aromatic heterocycles. The van der Waals surface area contributed by atoms with Gasteiger partial charge in [0.2, 0.25) is 5.91 Å². The third kappa shape index (κ3) is 3.80. The predicted octanol–water partition coefficient (Wildman–Crippen LogP) is 3.13. The number of hydrogen-bond acceptors (Lipinski definition) is 5. The van der Waals surface area contributed by atoms with Crippen molar-refractivity contribution in [3.63, 3.8) is 0 Å². The molecule has 1 aliphatic heterocycles. The highest BCUT2D eigenvalue weighted by Gasteiger charge is 2.30. The van der Waals surface area contributed by atoms with Crippen LogP contribution < -0.4 is 10.2 Å². The van der Waals surface area contributed by atoms with Crippen molar-refractivity contribution < 1.29 is 14.1 Å². The number of rotatable bonds is 4. The molecule has 28 heavy (non-hydrogen) atoms. The van der Waals surface area contributed by atoms with Gasteiger partial charge in [0, 0.05) is 30.2 Å². The van der Waals surface area contributed by atoms with Gasteiger partial charge in [-0.3, -0.25) is 9.59 Å². The lowest BCUT2D eigenvalue weighted by Gasteiger charge is -2.21. The van der Waals surface area contributed by atoms with Gasteiger partial charge in [-0.2, -0.15) is 0 Å². The number of likely N-dealkylation sites (N-methyl/N-ethyl adjacent to an activating group) is 1. The fourth-order valence-corrected chi connectivity index (χ4v) is 4.19. The maximum atomic E-state index is 12.8. The lowest BCUT2D eigenvalue weighted by Crippen LogP contribution is -2.48. The van der Waals surface area contributed by atoms with Crippen molar-refractivity contribution in [3.8, 4) is 0 Å². The highest BCUT2D eigenvalue weighted by molar-refractivity contribution is 7.99. The van der Waals surface area contributed by atoms with Crippen molar-refractivity contribution in [1.29, 1.82) is 0 Å². The molecule has 1 unspecified atom stereocenters. The van der Waals surface area contributed by atoms with Crippen LogP contribution in [0.25, 0.3) is 0 Å². The van der Waals surface area contributed by atoms with E-state index in [1.54, 1.807) is 29.8 Å². The van der Waals surface area contributed by atoms with Gasteiger partial charge in [0.1, 0.15) is 11.8 Å². The van der Waals surface area contributed by atoms with Crippen LogP contribution in [0.2, 0.25) is 0 Å². The molecule has 2 heterocycles. The number of carbonyl (C=O) groups is 2. The minimum Gasteiger partial charge on any atom is -0.360 e. The first-order valence-corrected chi connectivity index (χ1v) is 9.90. The van der Waals surface area contributed by atoms with Gasteiger partial charge in [0.25, 0.3) is 5.91 Å². The highest BCUT2D eigenvalue weighted by Crippen LogP contribution is 2.33. The van der Waals surface area contributed by atoms with Crippen molar-refractivity contribution in [2.45, 2.75) is 17.4 Å². The maximum absolute atomic E-state index is 12.8. The summed E-state index contributed by atoms with van der Waals surface area (Å²) in [5.41, 5.74) is 2.09. The van der Waals surface area contributed by atoms with Gasteiger partial charge < -0.3 is 14.7 Å². The molecule has 0 spiro atoms. The van der Waals surface area contributed by atoms with Crippen LogP contribution in [0.3, 0.4) is 0 Å². The molecule has 0 fully saturated rings. The van der Waals surface area contributed by atoms with Crippen LogP contribution in [-0.2, 0) is 11.2 Å². The second kappa shape index (κ2) is 7.90. The quantitative estimate of drug-likeness (QED) is 0.737. The van der Waals surface area contributed by atoms with Crippen molar-refractivity contribution in [1.82, 2.24) is 10.5 Å². The van der Waals surface area contributed by atoms with Crippen LogP contribution in [0, 0.1) is 0 Å². The Morgan fingerprint density at radius 3 is 2.79 bits per heavy atom. The average Bonchev–Trinajstić information content (AvgIpc) is 3.15. The Balaban J connectivity index is 1.45. The normalized spacial score (nSPS) is 16.4. The average molecular weight is 393 g/mol. The van der Waals surface area contributed by atoms with E-state index in [-0.39, 0.29) is 11.6 Å². The highest BCUT2D eigenvalue weighted by atomic mass is 32.2. The van der Waals surface area contributed by atoms with E-state index in [0.29, 0.717) is 17.9 Å². The summed E-state index contributed by atoms with van der Waals surface area (Å²) in [6, 6.07) is 18.5. The molecule has 6 nitrogen and oxygen atoms in total. The molecule has 2 aromatic carbocycles. The third-order valence-electron chi connectivity index (χ3n) is 4.58. The number of benzene rings is 2. The number of aromatic nitrogens is 1. The van der Waals surface area contributed by atoms with Crippen molar-refractivity contribution >= 4 is 29.3 Å². The van der Waals surface area contributed by atoms with E-state index in [1.807, 2.05) is 54.6 Å². The molecule has 7 heteroatoms. The van der Waals surface area contributed by atoms with Gasteiger partial charge in [0.15, 0.2) is 5.69 Å². The van der Waals surface area contributed by atoms with Crippen LogP contribution in [0.4, 0.5) is 5.69 Å². The van der Waals surface area contributed by atoms with Crippen molar-refractivity contribution in [3.05, 3.63) is 77.7 Å². The zero-order valence-electron chi connectivity index (χ0n) is 15.3. The molecule has 3 aromatic rings. The first-order chi connectivity index (χ1) is 13.6. The van der Waals surface area contributed by atoms with Gasteiger partial charge in [-0.05, 0) is 17.7 Å². The molecule has 0 saturated carbocycles. The largest absolute Gasteiger partial charge is 0.360 e. The lowest BCUT2D eigenvalue weighted by atomic mass is 10.1. The van der Waals surface area contributed by atoms with E-state index in [9.17, 15) is 9.59 Å². The fraction of sp³-hybridized carbons (Fsp3) is 0.190. The van der Waals surface area contributed by atoms with E-state index < -0.39 is 11.9 Å². The van der Waals surface area contributed by atoms with Gasteiger partial charge in [-0.1, -0.05) is 47.6 Å². The SMILES string of the molecule is CN1C(=O)C(NC(=O)c2cc(Cc3ccccc3)on2)CSc2ccccc21. The number of carbonyl (C=O) groups excluding carboxylic acids is 2. The summed E-state index contributed by atoms with van der Waals surface area (Å²) in [6.45, 7) is 0. The molecule has 1 N–H and O–H groups in total. The lowest BCUT2D eigenvalue weighted by molar-refractivity contribution is -0.119. The second-order valence-corrected chi connectivity index (χ2v) is 7.60. The molecule has 142 valence electrons. The predicted molar refractivity (Wildman–Crippen MR) is 108 cm³/mol. The topological polar surface area (TPSA) is 75.4 Å². The van der Waals surface area contributed by atoms with Crippen LogP contribution in [0.5, 0.6) is 0 Å².